The SMILES string of the molecule is CCN[C@H](C)CNC(=O)CNS(=O)(=O)c1ccc(OC(F)(F)F)cc1.Cl. The van der Waals surface area contributed by atoms with Gasteiger partial charge in [-0.25, -0.2) is 13.1 Å². The molecule has 0 spiro atoms. The van der Waals surface area contributed by atoms with Crippen LogP contribution in [-0.4, -0.2) is 46.4 Å². The summed E-state index contributed by atoms with van der Waals surface area (Å²) >= 11 is 0. The highest BCUT2D eigenvalue weighted by Gasteiger charge is 2.31. The van der Waals surface area contributed by atoms with Gasteiger partial charge in [0.25, 0.3) is 0 Å². The molecule has 1 aromatic rings. The van der Waals surface area contributed by atoms with Crippen molar-refractivity contribution in [2.24, 2.45) is 0 Å². The first-order valence-electron chi connectivity index (χ1n) is 7.39. The lowest BCUT2D eigenvalue weighted by Gasteiger charge is -2.13. The van der Waals surface area contributed by atoms with Gasteiger partial charge in [-0.05, 0) is 37.7 Å². The van der Waals surface area contributed by atoms with Crippen molar-refractivity contribution in [1.82, 2.24) is 15.4 Å². The minimum absolute atomic E-state index is 0. The van der Waals surface area contributed by atoms with Crippen LogP contribution in [0.4, 0.5) is 13.2 Å². The Hall–Kier alpha value is -1.56. The Morgan fingerprint density at radius 1 is 1.23 bits per heavy atom. The number of sulfonamides is 1. The minimum Gasteiger partial charge on any atom is -0.406 e. The van der Waals surface area contributed by atoms with Crippen LogP contribution in [0.3, 0.4) is 0 Å². The van der Waals surface area contributed by atoms with Crippen molar-refractivity contribution in [1.29, 1.82) is 0 Å². The van der Waals surface area contributed by atoms with Crippen LogP contribution in [0, 0.1) is 0 Å². The Morgan fingerprint density at radius 3 is 2.31 bits per heavy atom. The molecular weight excluding hydrogens is 399 g/mol. The molecule has 12 heteroatoms. The van der Waals surface area contributed by atoms with E-state index in [2.05, 4.69) is 20.1 Å². The predicted octanol–water partition coefficient (Wildman–Crippen LogP) is 1.40. The zero-order chi connectivity index (χ0) is 19.1. The Labute approximate surface area is 156 Å². The van der Waals surface area contributed by atoms with Crippen molar-refractivity contribution < 1.29 is 31.1 Å². The van der Waals surface area contributed by atoms with Crippen LogP contribution in [0.1, 0.15) is 13.8 Å². The molecule has 0 aliphatic carbocycles. The van der Waals surface area contributed by atoms with Crippen LogP contribution in [0.5, 0.6) is 5.75 Å². The van der Waals surface area contributed by atoms with Gasteiger partial charge >= 0.3 is 6.36 Å². The highest BCUT2D eigenvalue weighted by molar-refractivity contribution is 7.89. The molecule has 1 aromatic carbocycles. The van der Waals surface area contributed by atoms with E-state index < -0.39 is 34.6 Å². The molecule has 0 fully saturated rings. The Balaban J connectivity index is 0.00000625. The second-order valence-corrected chi connectivity index (χ2v) is 6.87. The van der Waals surface area contributed by atoms with Crippen LogP contribution in [0.15, 0.2) is 29.2 Å². The molecular formula is C14H21ClF3N3O4S. The molecule has 0 aliphatic rings. The Kier molecular flexibility index (Phi) is 9.92. The van der Waals surface area contributed by atoms with E-state index in [0.717, 1.165) is 30.8 Å². The third kappa shape index (κ3) is 9.22. The molecule has 7 nitrogen and oxygen atoms in total. The standard InChI is InChI=1S/C14H20F3N3O4S.ClH/c1-3-18-10(2)8-19-13(21)9-20-25(22,23)12-6-4-11(5-7-12)24-14(15,16)17;/h4-7,10,18,20H,3,8-9H2,1-2H3,(H,19,21);1H/t10-;/m1./s1. The molecule has 150 valence electrons. The second kappa shape index (κ2) is 10.6. The van der Waals surface area contributed by atoms with Gasteiger partial charge in [-0.15, -0.1) is 25.6 Å². The molecule has 0 aliphatic heterocycles. The van der Waals surface area contributed by atoms with Crippen molar-refractivity contribution >= 4 is 28.3 Å². The number of carbonyl (C=O) groups excluding carboxylic acids is 1. The lowest BCUT2D eigenvalue weighted by atomic mass is 10.3. The van der Waals surface area contributed by atoms with Gasteiger partial charge in [-0.3, -0.25) is 4.79 Å². The number of likely N-dealkylation sites (N-methyl/N-ethyl adjacent to an activating group) is 1. The van der Waals surface area contributed by atoms with E-state index >= 15 is 0 Å². The summed E-state index contributed by atoms with van der Waals surface area (Å²) in [5, 5.41) is 5.63. The number of alkyl halides is 3. The predicted molar refractivity (Wildman–Crippen MR) is 91.7 cm³/mol. The molecule has 0 heterocycles. The van der Waals surface area contributed by atoms with Crippen molar-refractivity contribution in [2.45, 2.75) is 31.1 Å². The van der Waals surface area contributed by atoms with Gasteiger partial charge in [0.2, 0.25) is 15.9 Å². The van der Waals surface area contributed by atoms with Crippen LogP contribution >= 0.6 is 12.4 Å². The number of carbonyl (C=O) groups is 1. The van der Waals surface area contributed by atoms with Gasteiger partial charge in [0.1, 0.15) is 5.75 Å². The first-order valence-corrected chi connectivity index (χ1v) is 8.87. The third-order valence-corrected chi connectivity index (χ3v) is 4.37. The molecule has 0 saturated heterocycles. The normalized spacial score (nSPS) is 12.8. The summed E-state index contributed by atoms with van der Waals surface area (Å²) in [7, 11) is -4.03. The zero-order valence-corrected chi connectivity index (χ0v) is 15.7. The van der Waals surface area contributed by atoms with Crippen molar-refractivity contribution in [3.63, 3.8) is 0 Å². The van der Waals surface area contributed by atoms with Gasteiger partial charge in [-0.2, -0.15) is 0 Å². The van der Waals surface area contributed by atoms with Crippen LogP contribution in [-0.2, 0) is 14.8 Å². The molecule has 0 saturated carbocycles. The van der Waals surface area contributed by atoms with Gasteiger partial charge in [0, 0.05) is 12.6 Å². The Bertz CT molecular complexity index is 669. The molecule has 1 amide bonds. The lowest BCUT2D eigenvalue weighted by Crippen LogP contribution is -2.43. The average Bonchev–Trinajstić information content (AvgIpc) is 2.50. The molecule has 0 radical (unpaired) electrons. The first-order chi connectivity index (χ1) is 11.5. The number of benzene rings is 1. The third-order valence-electron chi connectivity index (χ3n) is 2.95. The van der Waals surface area contributed by atoms with Gasteiger partial charge in [0.05, 0.1) is 11.4 Å². The maximum atomic E-state index is 12.1. The number of ether oxygens (including phenoxy) is 1. The quantitative estimate of drug-likeness (QED) is 0.562. The summed E-state index contributed by atoms with van der Waals surface area (Å²) in [4.78, 5) is 11.3. The van der Waals surface area contributed by atoms with E-state index in [0.29, 0.717) is 6.54 Å². The molecule has 1 rings (SSSR count). The summed E-state index contributed by atoms with van der Waals surface area (Å²) < 4.78 is 65.9. The van der Waals surface area contributed by atoms with E-state index in [1.807, 2.05) is 13.8 Å². The highest BCUT2D eigenvalue weighted by Crippen LogP contribution is 2.23. The van der Waals surface area contributed by atoms with Crippen molar-refractivity contribution in [2.75, 3.05) is 19.6 Å². The summed E-state index contributed by atoms with van der Waals surface area (Å²) in [5.74, 6) is -1.06. The smallest absolute Gasteiger partial charge is 0.406 e. The van der Waals surface area contributed by atoms with Crippen LogP contribution in [0.2, 0.25) is 0 Å². The number of amides is 1. The molecule has 3 N–H and O–H groups in total. The molecule has 0 unspecified atom stereocenters. The fourth-order valence-corrected chi connectivity index (χ4v) is 2.80. The fourth-order valence-electron chi connectivity index (χ4n) is 1.81. The molecule has 26 heavy (non-hydrogen) atoms. The van der Waals surface area contributed by atoms with E-state index in [1.165, 1.54) is 0 Å². The topological polar surface area (TPSA) is 96.5 Å². The Morgan fingerprint density at radius 2 is 1.81 bits per heavy atom. The monoisotopic (exact) mass is 419 g/mol. The molecule has 0 aromatic heterocycles. The summed E-state index contributed by atoms with van der Waals surface area (Å²) in [5.41, 5.74) is 0. The number of rotatable bonds is 9. The maximum absolute atomic E-state index is 12.1. The van der Waals surface area contributed by atoms with Crippen molar-refractivity contribution in [3.05, 3.63) is 24.3 Å². The fraction of sp³-hybridized carbons (Fsp3) is 0.500. The summed E-state index contributed by atoms with van der Waals surface area (Å²) in [6.07, 6.45) is -4.86. The van der Waals surface area contributed by atoms with Crippen LogP contribution < -0.4 is 20.1 Å². The average molecular weight is 420 g/mol. The highest BCUT2D eigenvalue weighted by atomic mass is 35.5. The van der Waals surface area contributed by atoms with E-state index in [-0.39, 0.29) is 23.3 Å². The number of nitrogens with one attached hydrogen (secondary N) is 3. The van der Waals surface area contributed by atoms with Crippen molar-refractivity contribution in [3.8, 4) is 5.75 Å². The molecule has 1 atom stereocenters. The summed E-state index contributed by atoms with van der Waals surface area (Å²) in [6, 6.07) is 3.69. The summed E-state index contributed by atoms with van der Waals surface area (Å²) in [6.45, 7) is 4.35. The van der Waals surface area contributed by atoms with Gasteiger partial charge in [-0.1, -0.05) is 6.92 Å². The van der Waals surface area contributed by atoms with E-state index in [1.54, 1.807) is 0 Å². The van der Waals surface area contributed by atoms with Gasteiger partial charge in [0.15, 0.2) is 0 Å². The largest absolute Gasteiger partial charge is 0.573 e. The first kappa shape index (κ1) is 24.4. The van der Waals surface area contributed by atoms with Crippen LogP contribution in [0.25, 0.3) is 0 Å². The second-order valence-electron chi connectivity index (χ2n) is 5.11. The van der Waals surface area contributed by atoms with E-state index in [4.69, 9.17) is 0 Å². The number of hydrogen-bond acceptors (Lipinski definition) is 5. The maximum Gasteiger partial charge on any atom is 0.573 e. The van der Waals surface area contributed by atoms with E-state index in [9.17, 15) is 26.4 Å². The minimum atomic E-state index is -4.86. The zero-order valence-electron chi connectivity index (χ0n) is 14.1. The number of hydrogen-bond donors (Lipinski definition) is 3. The number of halogens is 4. The molecule has 0 bridgehead atoms. The lowest BCUT2D eigenvalue weighted by molar-refractivity contribution is -0.274. The van der Waals surface area contributed by atoms with Gasteiger partial charge < -0.3 is 15.4 Å².